The molecule has 0 amide bonds. The Hall–Kier alpha value is -0.570. The van der Waals surface area contributed by atoms with Gasteiger partial charge in [-0.15, -0.1) is 0 Å². The van der Waals surface area contributed by atoms with E-state index in [-0.39, 0.29) is 22.9 Å². The first-order valence-corrected chi connectivity index (χ1v) is 5.92. The van der Waals surface area contributed by atoms with Gasteiger partial charge in [0.2, 0.25) is 0 Å². The number of carbonyl (C=O) groups is 1. The molecule has 0 bridgehead atoms. The zero-order valence-electron chi connectivity index (χ0n) is 11.3. The third kappa shape index (κ3) is 2.97. The van der Waals surface area contributed by atoms with Gasteiger partial charge in [-0.3, -0.25) is 4.79 Å². The van der Waals surface area contributed by atoms with Gasteiger partial charge in [-0.2, -0.15) is 0 Å². The molecule has 0 saturated heterocycles. The summed E-state index contributed by atoms with van der Waals surface area (Å²) in [6.07, 6.45) is 0.938. The predicted molar refractivity (Wildman–Crippen MR) is 63.1 cm³/mol. The number of hydrogen-bond acceptors (Lipinski definition) is 3. The van der Waals surface area contributed by atoms with Crippen molar-refractivity contribution in [1.82, 2.24) is 0 Å². The van der Waals surface area contributed by atoms with Crippen molar-refractivity contribution in [1.29, 1.82) is 0 Å². The topological polar surface area (TPSA) is 35.5 Å². The highest BCUT2D eigenvalue weighted by Crippen LogP contribution is 2.60. The second-order valence-electron chi connectivity index (χ2n) is 6.22. The van der Waals surface area contributed by atoms with Gasteiger partial charge >= 0.3 is 5.97 Å². The van der Waals surface area contributed by atoms with E-state index in [2.05, 4.69) is 13.8 Å². The summed E-state index contributed by atoms with van der Waals surface area (Å²) in [6.45, 7) is 10.7. The Morgan fingerprint density at radius 3 is 2.31 bits per heavy atom. The number of esters is 1. The molecule has 3 nitrogen and oxygen atoms in total. The van der Waals surface area contributed by atoms with Crippen LogP contribution in [0.4, 0.5) is 0 Å². The monoisotopic (exact) mass is 228 g/mol. The summed E-state index contributed by atoms with van der Waals surface area (Å²) in [5, 5.41) is 0. The molecule has 94 valence electrons. The SMILES string of the molecule is COCC[C@@H]1[C@@H](C(=O)OC(C)(C)C)C1(C)C. The fraction of sp³-hybridized carbons (Fsp3) is 0.923. The standard InChI is InChI=1S/C13H24O3/c1-12(2,3)16-11(14)10-9(7-8-15-6)13(10,4)5/h9-10H,7-8H2,1-6H3/t9-,10+/m1/s1. The van der Waals surface area contributed by atoms with E-state index in [4.69, 9.17) is 9.47 Å². The zero-order chi connectivity index (χ0) is 12.6. The molecule has 1 aliphatic rings. The maximum absolute atomic E-state index is 11.9. The van der Waals surface area contributed by atoms with Crippen molar-refractivity contribution in [3.63, 3.8) is 0 Å². The fourth-order valence-electron chi connectivity index (χ4n) is 2.36. The largest absolute Gasteiger partial charge is 0.460 e. The van der Waals surface area contributed by atoms with Gasteiger partial charge in [0, 0.05) is 13.7 Å². The van der Waals surface area contributed by atoms with Crippen LogP contribution >= 0.6 is 0 Å². The Kier molecular flexibility index (Phi) is 3.68. The lowest BCUT2D eigenvalue weighted by Gasteiger charge is -2.20. The minimum absolute atomic E-state index is 0.0434. The first-order valence-electron chi connectivity index (χ1n) is 5.92. The van der Waals surface area contributed by atoms with Crippen molar-refractivity contribution in [3.8, 4) is 0 Å². The van der Waals surface area contributed by atoms with Crippen molar-refractivity contribution in [2.24, 2.45) is 17.3 Å². The van der Waals surface area contributed by atoms with E-state index in [9.17, 15) is 4.79 Å². The Bertz CT molecular complexity index is 263. The maximum atomic E-state index is 11.9. The highest BCUT2D eigenvalue weighted by atomic mass is 16.6. The molecule has 0 aromatic heterocycles. The normalized spacial score (nSPS) is 27.6. The van der Waals surface area contributed by atoms with Gasteiger partial charge in [0.1, 0.15) is 5.60 Å². The van der Waals surface area contributed by atoms with Gasteiger partial charge in [0.15, 0.2) is 0 Å². The van der Waals surface area contributed by atoms with Crippen molar-refractivity contribution in [2.75, 3.05) is 13.7 Å². The summed E-state index contributed by atoms with van der Waals surface area (Å²) in [4.78, 5) is 11.9. The van der Waals surface area contributed by atoms with Crippen LogP contribution in [-0.4, -0.2) is 25.3 Å². The average Bonchev–Trinajstić information content (AvgIpc) is 2.61. The number of rotatable bonds is 4. The van der Waals surface area contributed by atoms with Crippen LogP contribution in [0.3, 0.4) is 0 Å². The van der Waals surface area contributed by atoms with Crippen LogP contribution in [0, 0.1) is 17.3 Å². The van der Waals surface area contributed by atoms with Gasteiger partial charge < -0.3 is 9.47 Å². The van der Waals surface area contributed by atoms with Crippen molar-refractivity contribution < 1.29 is 14.3 Å². The minimum atomic E-state index is -0.387. The van der Waals surface area contributed by atoms with E-state index in [0.29, 0.717) is 12.5 Å². The van der Waals surface area contributed by atoms with E-state index in [0.717, 1.165) is 6.42 Å². The summed E-state index contributed by atoms with van der Waals surface area (Å²) in [5.41, 5.74) is -0.317. The Morgan fingerprint density at radius 1 is 1.31 bits per heavy atom. The van der Waals surface area contributed by atoms with Crippen LogP contribution in [0.15, 0.2) is 0 Å². The first kappa shape index (κ1) is 13.5. The molecule has 0 spiro atoms. The smallest absolute Gasteiger partial charge is 0.310 e. The number of ether oxygens (including phenoxy) is 2. The summed E-state index contributed by atoms with van der Waals surface area (Å²) in [5.74, 6) is 0.391. The molecule has 0 heterocycles. The molecule has 0 aromatic rings. The Balaban J connectivity index is 2.52. The summed E-state index contributed by atoms with van der Waals surface area (Å²) in [6, 6.07) is 0. The van der Waals surface area contributed by atoms with Crippen LogP contribution in [-0.2, 0) is 14.3 Å². The fourth-order valence-corrected chi connectivity index (χ4v) is 2.36. The Labute approximate surface area is 98.5 Å². The third-order valence-corrected chi connectivity index (χ3v) is 3.34. The third-order valence-electron chi connectivity index (χ3n) is 3.34. The minimum Gasteiger partial charge on any atom is -0.460 e. The molecular formula is C13H24O3. The van der Waals surface area contributed by atoms with Gasteiger partial charge in [-0.25, -0.2) is 0 Å². The molecular weight excluding hydrogens is 204 g/mol. The lowest BCUT2D eigenvalue weighted by molar-refractivity contribution is -0.157. The number of carbonyl (C=O) groups excluding carboxylic acids is 1. The average molecular weight is 228 g/mol. The first-order chi connectivity index (χ1) is 7.20. The molecule has 1 rings (SSSR count). The van der Waals surface area contributed by atoms with Crippen LogP contribution in [0.25, 0.3) is 0 Å². The van der Waals surface area contributed by atoms with Crippen molar-refractivity contribution in [3.05, 3.63) is 0 Å². The van der Waals surface area contributed by atoms with Crippen LogP contribution in [0.1, 0.15) is 41.0 Å². The second kappa shape index (κ2) is 4.36. The summed E-state index contributed by atoms with van der Waals surface area (Å²) in [7, 11) is 1.69. The van der Waals surface area contributed by atoms with E-state index in [1.165, 1.54) is 0 Å². The van der Waals surface area contributed by atoms with Crippen LogP contribution in [0.2, 0.25) is 0 Å². The molecule has 3 heteroatoms. The van der Waals surface area contributed by atoms with E-state index in [1.54, 1.807) is 7.11 Å². The second-order valence-corrected chi connectivity index (χ2v) is 6.22. The highest BCUT2D eigenvalue weighted by Gasteiger charge is 2.62. The molecule has 1 fully saturated rings. The van der Waals surface area contributed by atoms with E-state index < -0.39 is 0 Å². The maximum Gasteiger partial charge on any atom is 0.310 e. The van der Waals surface area contributed by atoms with Crippen molar-refractivity contribution in [2.45, 2.75) is 46.6 Å². The van der Waals surface area contributed by atoms with Crippen LogP contribution in [0.5, 0.6) is 0 Å². The quantitative estimate of drug-likeness (QED) is 0.694. The molecule has 0 aromatic carbocycles. The molecule has 16 heavy (non-hydrogen) atoms. The van der Waals surface area contributed by atoms with E-state index in [1.807, 2.05) is 20.8 Å². The molecule has 2 atom stereocenters. The van der Waals surface area contributed by atoms with E-state index >= 15 is 0 Å². The number of hydrogen-bond donors (Lipinski definition) is 0. The van der Waals surface area contributed by atoms with Crippen molar-refractivity contribution >= 4 is 5.97 Å². The lowest BCUT2D eigenvalue weighted by atomic mass is 10.1. The molecule has 0 aliphatic heterocycles. The molecule has 1 aliphatic carbocycles. The summed E-state index contributed by atoms with van der Waals surface area (Å²) >= 11 is 0. The summed E-state index contributed by atoms with van der Waals surface area (Å²) < 4.78 is 10.5. The molecule has 0 radical (unpaired) electrons. The lowest BCUT2D eigenvalue weighted by Crippen LogP contribution is -2.26. The molecule has 1 saturated carbocycles. The predicted octanol–water partition coefficient (Wildman–Crippen LogP) is 2.64. The highest BCUT2D eigenvalue weighted by molar-refractivity contribution is 5.78. The molecule has 0 unspecified atom stereocenters. The zero-order valence-corrected chi connectivity index (χ0v) is 11.3. The van der Waals surface area contributed by atoms with Gasteiger partial charge in [-0.05, 0) is 38.5 Å². The van der Waals surface area contributed by atoms with Gasteiger partial charge in [0.25, 0.3) is 0 Å². The molecule has 0 N–H and O–H groups in total. The van der Waals surface area contributed by atoms with Gasteiger partial charge in [-0.1, -0.05) is 13.8 Å². The Morgan fingerprint density at radius 2 is 1.88 bits per heavy atom. The van der Waals surface area contributed by atoms with Crippen LogP contribution < -0.4 is 0 Å². The van der Waals surface area contributed by atoms with Gasteiger partial charge in [0.05, 0.1) is 5.92 Å². The number of methoxy groups -OCH3 is 1.